The zero-order valence-corrected chi connectivity index (χ0v) is 11.2. The summed E-state index contributed by atoms with van der Waals surface area (Å²) in [5.74, 6) is 1.02. The zero-order valence-electron chi connectivity index (χ0n) is 9.37. The van der Waals surface area contributed by atoms with Crippen LogP contribution in [0.2, 0.25) is 0 Å². The van der Waals surface area contributed by atoms with Crippen LogP contribution in [0, 0.1) is 0 Å². The van der Waals surface area contributed by atoms with Crippen molar-refractivity contribution in [3.63, 3.8) is 0 Å². The van der Waals surface area contributed by atoms with Crippen molar-refractivity contribution in [2.75, 3.05) is 51.7 Å². The molecule has 0 unspecified atom stereocenters. The highest BCUT2D eigenvalue weighted by Gasteiger charge is 2.06. The van der Waals surface area contributed by atoms with Crippen molar-refractivity contribution >= 4 is 20.6 Å². The lowest BCUT2D eigenvalue weighted by molar-refractivity contribution is 0.198. The van der Waals surface area contributed by atoms with Gasteiger partial charge in [0.05, 0.1) is 0 Å². The van der Waals surface area contributed by atoms with Crippen LogP contribution in [-0.4, -0.2) is 51.7 Å². The third-order valence-corrected chi connectivity index (χ3v) is 5.39. The molecule has 0 N–H and O–H groups in total. The van der Waals surface area contributed by atoms with Crippen LogP contribution in [0.3, 0.4) is 0 Å². The smallest absolute Gasteiger partial charge is 0.0465 e. The maximum Gasteiger partial charge on any atom is 0.0465 e. The molecule has 0 saturated carbocycles. The van der Waals surface area contributed by atoms with Gasteiger partial charge < -0.3 is 9.47 Å². The minimum Gasteiger partial charge on any atom is -0.385 e. The monoisotopic (exact) mass is 238 g/mol. The summed E-state index contributed by atoms with van der Waals surface area (Å²) in [6.07, 6.45) is 6.33. The van der Waals surface area contributed by atoms with Crippen LogP contribution in [0.5, 0.6) is 0 Å². The minimum absolute atomic E-state index is 0.180. The van der Waals surface area contributed by atoms with Crippen LogP contribution in [0.4, 0.5) is 0 Å². The molecule has 0 saturated heterocycles. The van der Waals surface area contributed by atoms with Crippen molar-refractivity contribution in [3.05, 3.63) is 0 Å². The second-order valence-electron chi connectivity index (χ2n) is 3.26. The molecule has 0 amide bonds. The molecule has 0 heterocycles. The summed E-state index contributed by atoms with van der Waals surface area (Å²) < 4.78 is 10.1. The van der Waals surface area contributed by atoms with Crippen molar-refractivity contribution in [3.8, 4) is 0 Å². The predicted molar refractivity (Wildman–Crippen MR) is 68.4 cm³/mol. The fourth-order valence-corrected chi connectivity index (χ4v) is 4.30. The van der Waals surface area contributed by atoms with E-state index < -0.39 is 0 Å². The highest BCUT2D eigenvalue weighted by molar-refractivity contribution is 7.80. The summed E-state index contributed by atoms with van der Waals surface area (Å²) in [7, 11) is 3.72. The first kappa shape index (κ1) is 14.7. The number of hydrogen-bond acceptors (Lipinski definition) is 3. The minimum atomic E-state index is 0.180. The largest absolute Gasteiger partial charge is 0.385 e. The fraction of sp³-hybridized carbons (Fsp3) is 1.00. The lowest BCUT2D eigenvalue weighted by Crippen LogP contribution is -2.01. The van der Waals surface area contributed by atoms with Crippen LogP contribution in [0.15, 0.2) is 0 Å². The molecule has 0 aliphatic rings. The van der Waals surface area contributed by atoms with Crippen molar-refractivity contribution in [1.29, 1.82) is 0 Å². The molecule has 0 radical (unpaired) electrons. The maximum atomic E-state index is 5.06. The van der Waals surface area contributed by atoms with Crippen molar-refractivity contribution in [2.45, 2.75) is 12.8 Å². The SMILES string of the molecule is COCCCP(CCS)CCCOC. The van der Waals surface area contributed by atoms with Gasteiger partial charge in [-0.25, -0.2) is 0 Å². The summed E-state index contributed by atoms with van der Waals surface area (Å²) in [5, 5.41) is 0. The second-order valence-corrected chi connectivity index (χ2v) is 6.39. The Hall–Kier alpha value is 0.700. The number of ether oxygens (including phenoxy) is 2. The van der Waals surface area contributed by atoms with E-state index >= 15 is 0 Å². The third kappa shape index (κ3) is 9.26. The van der Waals surface area contributed by atoms with Gasteiger partial charge in [0.25, 0.3) is 0 Å². The second kappa shape index (κ2) is 11.8. The molecule has 0 rings (SSSR count). The van der Waals surface area contributed by atoms with Gasteiger partial charge in [-0.15, -0.1) is 7.92 Å². The number of thiol groups is 1. The molecule has 0 aromatic carbocycles. The third-order valence-electron chi connectivity index (χ3n) is 2.06. The van der Waals surface area contributed by atoms with Crippen LogP contribution in [0.25, 0.3) is 0 Å². The first-order valence-electron chi connectivity index (χ1n) is 5.16. The molecule has 4 heteroatoms. The van der Waals surface area contributed by atoms with Gasteiger partial charge in [-0.1, -0.05) is 0 Å². The molecular formula is C10H23O2PS. The van der Waals surface area contributed by atoms with E-state index in [1.807, 2.05) is 0 Å². The van der Waals surface area contributed by atoms with Gasteiger partial charge in [0.1, 0.15) is 0 Å². The van der Waals surface area contributed by atoms with Gasteiger partial charge in [0, 0.05) is 27.4 Å². The van der Waals surface area contributed by atoms with Crippen LogP contribution >= 0.6 is 20.6 Å². The molecule has 0 aliphatic carbocycles. The standard InChI is InChI=1S/C10H23O2PS/c1-11-5-3-7-13(9-10-14)8-4-6-12-2/h14H,3-10H2,1-2H3. The molecule has 86 valence electrons. The van der Waals surface area contributed by atoms with Crippen molar-refractivity contribution in [2.24, 2.45) is 0 Å². The molecule has 0 atom stereocenters. The fourth-order valence-electron chi connectivity index (χ4n) is 1.34. The van der Waals surface area contributed by atoms with E-state index in [0.29, 0.717) is 0 Å². The summed E-state index contributed by atoms with van der Waals surface area (Å²) in [5.41, 5.74) is 0. The number of hydrogen-bond donors (Lipinski definition) is 1. The van der Waals surface area contributed by atoms with Gasteiger partial charge in [0.2, 0.25) is 0 Å². The Morgan fingerprint density at radius 1 is 0.929 bits per heavy atom. The Labute approximate surface area is 94.9 Å². The summed E-state index contributed by atoms with van der Waals surface area (Å²) in [6.45, 7) is 1.80. The van der Waals surface area contributed by atoms with E-state index in [4.69, 9.17) is 9.47 Å². The Kier molecular flexibility index (Phi) is 12.4. The summed E-state index contributed by atoms with van der Waals surface area (Å²) in [4.78, 5) is 0. The Morgan fingerprint density at radius 3 is 1.79 bits per heavy atom. The van der Waals surface area contributed by atoms with Gasteiger partial charge in [-0.2, -0.15) is 12.6 Å². The lowest BCUT2D eigenvalue weighted by atomic mass is 10.5. The van der Waals surface area contributed by atoms with Crippen LogP contribution in [-0.2, 0) is 9.47 Å². The molecule has 14 heavy (non-hydrogen) atoms. The van der Waals surface area contributed by atoms with Gasteiger partial charge in [-0.3, -0.25) is 0 Å². The molecule has 0 fully saturated rings. The first-order chi connectivity index (χ1) is 6.85. The van der Waals surface area contributed by atoms with Gasteiger partial charge in [0.15, 0.2) is 0 Å². The van der Waals surface area contributed by atoms with E-state index in [-0.39, 0.29) is 7.92 Å². The van der Waals surface area contributed by atoms with E-state index in [1.165, 1.54) is 31.3 Å². The molecule has 0 aromatic heterocycles. The summed E-state index contributed by atoms with van der Waals surface area (Å²) in [6, 6.07) is 0. The molecular weight excluding hydrogens is 215 g/mol. The molecule has 2 nitrogen and oxygen atoms in total. The summed E-state index contributed by atoms with van der Waals surface area (Å²) >= 11 is 4.30. The average Bonchev–Trinajstić information content (AvgIpc) is 2.18. The normalized spacial score (nSPS) is 11.1. The lowest BCUT2D eigenvalue weighted by Gasteiger charge is -2.16. The van der Waals surface area contributed by atoms with Gasteiger partial charge >= 0.3 is 0 Å². The number of methoxy groups -OCH3 is 2. The van der Waals surface area contributed by atoms with E-state index in [2.05, 4.69) is 12.6 Å². The molecule has 0 bridgehead atoms. The van der Waals surface area contributed by atoms with E-state index in [9.17, 15) is 0 Å². The maximum absolute atomic E-state index is 5.06. The quantitative estimate of drug-likeness (QED) is 0.358. The highest BCUT2D eigenvalue weighted by Crippen LogP contribution is 2.36. The first-order valence-corrected chi connectivity index (χ1v) is 7.69. The van der Waals surface area contributed by atoms with Crippen molar-refractivity contribution < 1.29 is 9.47 Å². The van der Waals surface area contributed by atoms with E-state index in [1.54, 1.807) is 14.2 Å². The topological polar surface area (TPSA) is 18.5 Å². The van der Waals surface area contributed by atoms with Crippen LogP contribution < -0.4 is 0 Å². The zero-order chi connectivity index (χ0) is 10.6. The number of rotatable bonds is 10. The molecule has 0 spiro atoms. The Morgan fingerprint density at radius 2 is 1.43 bits per heavy atom. The van der Waals surface area contributed by atoms with Crippen molar-refractivity contribution in [1.82, 2.24) is 0 Å². The molecule has 0 aromatic rings. The Bertz CT molecular complexity index is 104. The van der Waals surface area contributed by atoms with Gasteiger partial charge in [-0.05, 0) is 37.1 Å². The molecule has 0 aliphatic heterocycles. The average molecular weight is 238 g/mol. The Balaban J connectivity index is 3.44. The van der Waals surface area contributed by atoms with E-state index in [0.717, 1.165) is 19.0 Å². The predicted octanol–water partition coefficient (Wildman–Crippen LogP) is 2.47. The highest BCUT2D eigenvalue weighted by atomic mass is 32.1. The van der Waals surface area contributed by atoms with Crippen LogP contribution in [0.1, 0.15) is 12.8 Å².